The van der Waals surface area contributed by atoms with E-state index in [1.165, 1.54) is 0 Å². The monoisotopic (exact) mass is 317 g/mol. The molecule has 0 saturated carbocycles. The van der Waals surface area contributed by atoms with Crippen molar-refractivity contribution in [3.8, 4) is 11.3 Å². The maximum atomic E-state index is 4.61. The van der Waals surface area contributed by atoms with Crippen LogP contribution in [0.3, 0.4) is 0 Å². The highest BCUT2D eigenvalue weighted by atomic mass is 15.1. The summed E-state index contributed by atoms with van der Waals surface area (Å²) < 4.78 is 0. The van der Waals surface area contributed by atoms with Crippen LogP contribution in [0.1, 0.15) is 5.69 Å². The lowest BCUT2D eigenvalue weighted by molar-refractivity contribution is 1.00. The van der Waals surface area contributed by atoms with Gasteiger partial charge >= 0.3 is 0 Å². The molecule has 0 aliphatic heterocycles. The normalized spacial score (nSPS) is 10.2. The minimum atomic E-state index is 0.563. The van der Waals surface area contributed by atoms with Crippen LogP contribution in [0.4, 0.5) is 11.8 Å². The molecule has 2 N–H and O–H groups in total. The van der Waals surface area contributed by atoms with Crippen LogP contribution in [0.25, 0.3) is 11.3 Å². The molecule has 5 heteroatoms. The molecule has 0 atom stereocenters. The number of hydrogen-bond acceptors (Lipinski definition) is 5. The summed E-state index contributed by atoms with van der Waals surface area (Å²) in [5.74, 6) is 1.32. The van der Waals surface area contributed by atoms with Gasteiger partial charge in [0.1, 0.15) is 5.82 Å². The van der Waals surface area contributed by atoms with E-state index in [1.54, 1.807) is 12.3 Å². The average molecular weight is 317 g/mol. The summed E-state index contributed by atoms with van der Waals surface area (Å²) in [4.78, 5) is 13.4. The highest BCUT2D eigenvalue weighted by molar-refractivity contribution is 5.64. The van der Waals surface area contributed by atoms with Gasteiger partial charge in [-0.05, 0) is 12.1 Å². The molecule has 0 unspecified atom stereocenters. The Morgan fingerprint density at radius 2 is 1.79 bits per heavy atom. The van der Waals surface area contributed by atoms with Crippen LogP contribution in [-0.4, -0.2) is 21.5 Å². The predicted octanol–water partition coefficient (Wildman–Crippen LogP) is 3.75. The Morgan fingerprint density at radius 1 is 0.958 bits per heavy atom. The number of benzene rings is 1. The fourth-order valence-electron chi connectivity index (χ4n) is 2.22. The van der Waals surface area contributed by atoms with Crippen molar-refractivity contribution in [2.75, 3.05) is 17.2 Å². The van der Waals surface area contributed by atoms with Gasteiger partial charge in [-0.25, -0.2) is 4.98 Å². The van der Waals surface area contributed by atoms with Gasteiger partial charge in [-0.1, -0.05) is 42.5 Å². The van der Waals surface area contributed by atoms with Crippen LogP contribution in [0, 0.1) is 0 Å². The van der Waals surface area contributed by atoms with Crippen molar-refractivity contribution in [1.29, 1.82) is 0 Å². The Morgan fingerprint density at radius 3 is 2.54 bits per heavy atom. The molecule has 5 nitrogen and oxygen atoms in total. The smallest absolute Gasteiger partial charge is 0.225 e. The Labute approximate surface area is 141 Å². The van der Waals surface area contributed by atoms with Gasteiger partial charge in [0, 0.05) is 24.4 Å². The van der Waals surface area contributed by atoms with Crippen molar-refractivity contribution in [2.24, 2.45) is 0 Å². The van der Waals surface area contributed by atoms with Gasteiger partial charge in [0.25, 0.3) is 0 Å². The molecule has 24 heavy (non-hydrogen) atoms. The maximum Gasteiger partial charge on any atom is 0.225 e. The first-order chi connectivity index (χ1) is 11.8. The zero-order valence-electron chi connectivity index (χ0n) is 13.3. The van der Waals surface area contributed by atoms with E-state index in [4.69, 9.17) is 0 Å². The van der Waals surface area contributed by atoms with Crippen molar-refractivity contribution >= 4 is 11.8 Å². The van der Waals surface area contributed by atoms with E-state index in [0.29, 0.717) is 19.0 Å². The molecule has 0 bridgehead atoms. The van der Waals surface area contributed by atoms with E-state index in [0.717, 1.165) is 22.8 Å². The number of nitrogens with zero attached hydrogens (tertiary/aromatic N) is 3. The molecular weight excluding hydrogens is 298 g/mol. The average Bonchev–Trinajstić information content (AvgIpc) is 2.66. The van der Waals surface area contributed by atoms with Gasteiger partial charge in [0.15, 0.2) is 0 Å². The fraction of sp³-hybridized carbons (Fsp3) is 0.105. The van der Waals surface area contributed by atoms with Crippen molar-refractivity contribution in [3.63, 3.8) is 0 Å². The Balaban J connectivity index is 1.85. The molecule has 0 amide bonds. The molecule has 3 rings (SSSR count). The van der Waals surface area contributed by atoms with Crippen LogP contribution in [0.15, 0.2) is 73.4 Å². The molecule has 0 aliphatic carbocycles. The summed E-state index contributed by atoms with van der Waals surface area (Å²) >= 11 is 0. The second kappa shape index (κ2) is 7.87. The lowest BCUT2D eigenvalue weighted by Crippen LogP contribution is -2.08. The van der Waals surface area contributed by atoms with Crippen LogP contribution in [0.2, 0.25) is 0 Å². The molecule has 0 saturated heterocycles. The lowest BCUT2D eigenvalue weighted by Gasteiger charge is -2.10. The Kier molecular flexibility index (Phi) is 5.14. The van der Waals surface area contributed by atoms with Crippen molar-refractivity contribution in [2.45, 2.75) is 6.54 Å². The summed E-state index contributed by atoms with van der Waals surface area (Å²) in [7, 11) is 0. The lowest BCUT2D eigenvalue weighted by atomic mass is 10.1. The minimum Gasteiger partial charge on any atom is -0.366 e. The highest BCUT2D eigenvalue weighted by Crippen LogP contribution is 2.21. The largest absolute Gasteiger partial charge is 0.366 e. The standard InChI is InChI=1S/C19H19N5/c1-2-11-21-18-13-17(15-8-4-3-5-9-15)23-19(24-18)22-14-16-10-6-7-12-20-16/h2-10,12-13H,1,11,14H2,(H2,21,22,23,24). The maximum absolute atomic E-state index is 4.61. The first-order valence-corrected chi connectivity index (χ1v) is 7.78. The summed E-state index contributed by atoms with van der Waals surface area (Å²) in [5, 5.41) is 6.46. The fourth-order valence-corrected chi connectivity index (χ4v) is 2.22. The summed E-state index contributed by atoms with van der Waals surface area (Å²) in [6.07, 6.45) is 3.57. The summed E-state index contributed by atoms with van der Waals surface area (Å²) in [6.45, 7) is 4.94. The molecule has 2 aromatic heterocycles. The van der Waals surface area contributed by atoms with Gasteiger partial charge in [-0.15, -0.1) is 6.58 Å². The Hall–Kier alpha value is -3.21. The zero-order valence-corrected chi connectivity index (χ0v) is 13.3. The zero-order chi connectivity index (χ0) is 16.6. The van der Waals surface area contributed by atoms with Gasteiger partial charge in [0.05, 0.1) is 17.9 Å². The minimum absolute atomic E-state index is 0.563. The summed E-state index contributed by atoms with van der Waals surface area (Å²) in [5.41, 5.74) is 2.84. The third-order valence-electron chi connectivity index (χ3n) is 3.38. The second-order valence-corrected chi connectivity index (χ2v) is 5.17. The molecule has 0 aliphatic rings. The van der Waals surface area contributed by atoms with Crippen LogP contribution in [0.5, 0.6) is 0 Å². The number of nitrogens with one attached hydrogen (secondary N) is 2. The third kappa shape index (κ3) is 4.16. The molecule has 120 valence electrons. The van der Waals surface area contributed by atoms with E-state index in [1.807, 2.05) is 54.6 Å². The van der Waals surface area contributed by atoms with Gasteiger partial charge in [-0.3, -0.25) is 4.98 Å². The van der Waals surface area contributed by atoms with Crippen LogP contribution >= 0.6 is 0 Å². The number of rotatable bonds is 7. The molecule has 2 heterocycles. The predicted molar refractivity (Wildman–Crippen MR) is 97.7 cm³/mol. The molecule has 0 spiro atoms. The number of pyridine rings is 1. The topological polar surface area (TPSA) is 62.7 Å². The quantitative estimate of drug-likeness (QED) is 0.650. The van der Waals surface area contributed by atoms with Gasteiger partial charge in [-0.2, -0.15) is 4.98 Å². The Bertz CT molecular complexity index is 787. The molecule has 3 aromatic rings. The molecule has 0 fully saturated rings. The van der Waals surface area contributed by atoms with Gasteiger partial charge < -0.3 is 10.6 Å². The third-order valence-corrected chi connectivity index (χ3v) is 3.38. The highest BCUT2D eigenvalue weighted by Gasteiger charge is 2.06. The van der Waals surface area contributed by atoms with Crippen molar-refractivity contribution < 1.29 is 0 Å². The molecule has 1 aromatic carbocycles. The van der Waals surface area contributed by atoms with Crippen LogP contribution < -0.4 is 10.6 Å². The second-order valence-electron chi connectivity index (χ2n) is 5.17. The van der Waals surface area contributed by atoms with Crippen molar-refractivity contribution in [1.82, 2.24) is 15.0 Å². The van der Waals surface area contributed by atoms with E-state index >= 15 is 0 Å². The molecule has 0 radical (unpaired) electrons. The van der Waals surface area contributed by atoms with E-state index in [9.17, 15) is 0 Å². The van der Waals surface area contributed by atoms with Gasteiger partial charge in [0.2, 0.25) is 5.95 Å². The first kappa shape index (κ1) is 15.7. The first-order valence-electron chi connectivity index (χ1n) is 7.78. The van der Waals surface area contributed by atoms with Crippen LogP contribution in [-0.2, 0) is 6.54 Å². The van der Waals surface area contributed by atoms with Crippen molar-refractivity contribution in [3.05, 3.63) is 79.1 Å². The number of aromatic nitrogens is 3. The van der Waals surface area contributed by atoms with E-state index in [-0.39, 0.29) is 0 Å². The number of anilines is 2. The SMILES string of the molecule is C=CCNc1cc(-c2ccccc2)nc(NCc2ccccn2)n1. The van der Waals surface area contributed by atoms with E-state index < -0.39 is 0 Å². The molecular formula is C19H19N5. The van der Waals surface area contributed by atoms with E-state index in [2.05, 4.69) is 32.2 Å². The summed E-state index contributed by atoms with van der Waals surface area (Å²) in [6, 6.07) is 17.8. The number of hydrogen-bond donors (Lipinski definition) is 2.